The van der Waals surface area contributed by atoms with Gasteiger partial charge in [-0.15, -0.1) is 0 Å². The molecule has 2 aromatic rings. The monoisotopic (exact) mass is 328 g/mol. The lowest BCUT2D eigenvalue weighted by Crippen LogP contribution is -2.42. The van der Waals surface area contributed by atoms with Crippen LogP contribution in [0.5, 0.6) is 0 Å². The van der Waals surface area contributed by atoms with Crippen molar-refractivity contribution in [1.29, 1.82) is 0 Å². The molecule has 0 bridgehead atoms. The fourth-order valence-corrected chi connectivity index (χ4v) is 3.41. The van der Waals surface area contributed by atoms with Crippen LogP contribution in [0.3, 0.4) is 0 Å². The van der Waals surface area contributed by atoms with Crippen molar-refractivity contribution in [3.8, 4) is 0 Å². The highest BCUT2D eigenvalue weighted by molar-refractivity contribution is 5.96. The number of nitro groups is 1. The zero-order valence-corrected chi connectivity index (χ0v) is 14.5. The molecule has 1 aromatic heterocycles. The average Bonchev–Trinajstić information content (AvgIpc) is 2.54. The van der Waals surface area contributed by atoms with Crippen molar-refractivity contribution < 1.29 is 4.92 Å². The van der Waals surface area contributed by atoms with Crippen LogP contribution in [0.25, 0.3) is 10.9 Å². The number of piperidine rings is 1. The molecule has 1 N–H and O–H groups in total. The number of anilines is 1. The minimum absolute atomic E-state index is 0.0638. The first-order chi connectivity index (χ1) is 11.5. The van der Waals surface area contributed by atoms with Crippen molar-refractivity contribution in [2.45, 2.75) is 45.7 Å². The summed E-state index contributed by atoms with van der Waals surface area (Å²) in [6.07, 6.45) is 2.16. The fraction of sp³-hybridized carbons (Fsp3) is 0.500. The molecular formula is C18H24N4O2. The van der Waals surface area contributed by atoms with Crippen LogP contribution < -0.4 is 5.32 Å². The molecule has 0 atom stereocenters. The van der Waals surface area contributed by atoms with Crippen molar-refractivity contribution in [1.82, 2.24) is 9.88 Å². The van der Waals surface area contributed by atoms with E-state index in [-0.39, 0.29) is 10.6 Å². The molecule has 128 valence electrons. The first-order valence-electron chi connectivity index (χ1n) is 8.51. The number of aryl methyl sites for hydroxylation is 1. The summed E-state index contributed by atoms with van der Waals surface area (Å²) in [6, 6.07) is 8.10. The third kappa shape index (κ3) is 3.33. The van der Waals surface area contributed by atoms with Crippen molar-refractivity contribution >= 4 is 22.3 Å². The summed E-state index contributed by atoms with van der Waals surface area (Å²) in [6.45, 7) is 8.50. The van der Waals surface area contributed by atoms with Gasteiger partial charge in [0.15, 0.2) is 5.52 Å². The normalized spacial score (nSPS) is 16.7. The molecule has 0 aliphatic carbocycles. The Balaban J connectivity index is 1.88. The summed E-state index contributed by atoms with van der Waals surface area (Å²) in [5, 5.41) is 15.7. The van der Waals surface area contributed by atoms with E-state index in [0.717, 1.165) is 42.7 Å². The molecule has 0 unspecified atom stereocenters. The van der Waals surface area contributed by atoms with E-state index in [1.54, 1.807) is 6.07 Å². The number of nitrogens with zero attached hydrogens (tertiary/aromatic N) is 3. The van der Waals surface area contributed by atoms with Gasteiger partial charge in [-0.2, -0.15) is 0 Å². The Labute approximate surface area is 142 Å². The van der Waals surface area contributed by atoms with Crippen molar-refractivity contribution in [3.63, 3.8) is 0 Å². The molecule has 6 heteroatoms. The predicted molar refractivity (Wildman–Crippen MR) is 96.5 cm³/mol. The van der Waals surface area contributed by atoms with Crippen LogP contribution in [-0.2, 0) is 0 Å². The quantitative estimate of drug-likeness (QED) is 0.684. The van der Waals surface area contributed by atoms with Gasteiger partial charge in [0.2, 0.25) is 0 Å². The van der Waals surface area contributed by atoms with Crippen LogP contribution in [-0.4, -0.2) is 40.0 Å². The maximum atomic E-state index is 11.3. The van der Waals surface area contributed by atoms with Gasteiger partial charge in [-0.1, -0.05) is 12.1 Å². The minimum Gasteiger partial charge on any atom is -0.382 e. The standard InChI is InChI=1S/C18H24N4O2/c1-12(2)21-9-7-14(8-10-21)20-16-11-13(3)19-18-15(16)5-4-6-17(18)22(23)24/h4-6,11-12,14H,7-10H2,1-3H3,(H,19,20). The number of nitro benzene ring substituents is 1. The Bertz CT molecular complexity index is 752. The molecule has 6 nitrogen and oxygen atoms in total. The van der Waals surface area contributed by atoms with Crippen LogP contribution in [0.15, 0.2) is 24.3 Å². The smallest absolute Gasteiger partial charge is 0.295 e. The molecule has 1 aromatic carbocycles. The van der Waals surface area contributed by atoms with Crippen LogP contribution in [0, 0.1) is 17.0 Å². The highest BCUT2D eigenvalue weighted by atomic mass is 16.6. The molecule has 0 saturated carbocycles. The average molecular weight is 328 g/mol. The van der Waals surface area contributed by atoms with Crippen molar-refractivity contribution in [3.05, 3.63) is 40.1 Å². The van der Waals surface area contributed by atoms with Gasteiger partial charge in [0.1, 0.15) is 0 Å². The van der Waals surface area contributed by atoms with Crippen LogP contribution >= 0.6 is 0 Å². The summed E-state index contributed by atoms with van der Waals surface area (Å²) in [4.78, 5) is 17.8. The molecule has 0 amide bonds. The maximum Gasteiger partial charge on any atom is 0.295 e. The molecule has 1 saturated heterocycles. The minimum atomic E-state index is -0.361. The van der Waals surface area contributed by atoms with E-state index in [4.69, 9.17) is 0 Å². The highest BCUT2D eigenvalue weighted by Gasteiger charge is 2.22. The Hall–Kier alpha value is -2.21. The summed E-state index contributed by atoms with van der Waals surface area (Å²) in [5.41, 5.74) is 2.27. The van der Waals surface area contributed by atoms with Gasteiger partial charge in [-0.3, -0.25) is 10.1 Å². The van der Waals surface area contributed by atoms with E-state index in [0.29, 0.717) is 17.6 Å². The first kappa shape index (κ1) is 16.6. The molecule has 2 heterocycles. The third-order valence-corrected chi connectivity index (χ3v) is 4.76. The number of likely N-dealkylation sites (tertiary alicyclic amines) is 1. The summed E-state index contributed by atoms with van der Waals surface area (Å²) < 4.78 is 0. The zero-order valence-electron chi connectivity index (χ0n) is 14.5. The number of fused-ring (bicyclic) bond motifs is 1. The van der Waals surface area contributed by atoms with Gasteiger partial charge in [-0.05, 0) is 39.7 Å². The zero-order chi connectivity index (χ0) is 17.3. The number of hydrogen-bond donors (Lipinski definition) is 1. The Morgan fingerprint density at radius 1 is 1.33 bits per heavy atom. The van der Waals surface area contributed by atoms with E-state index < -0.39 is 0 Å². The van der Waals surface area contributed by atoms with Gasteiger partial charge in [0.25, 0.3) is 5.69 Å². The number of hydrogen-bond acceptors (Lipinski definition) is 5. The van der Waals surface area contributed by atoms with Crippen molar-refractivity contribution in [2.24, 2.45) is 0 Å². The summed E-state index contributed by atoms with van der Waals surface area (Å²) >= 11 is 0. The molecule has 3 rings (SSSR count). The molecular weight excluding hydrogens is 304 g/mol. The number of non-ortho nitro benzene ring substituents is 1. The second-order valence-corrected chi connectivity index (χ2v) is 6.79. The maximum absolute atomic E-state index is 11.3. The lowest BCUT2D eigenvalue weighted by atomic mass is 10.0. The highest BCUT2D eigenvalue weighted by Crippen LogP contribution is 2.31. The van der Waals surface area contributed by atoms with Crippen LogP contribution in [0.4, 0.5) is 11.4 Å². The second-order valence-electron chi connectivity index (χ2n) is 6.79. The Morgan fingerprint density at radius 2 is 2.04 bits per heavy atom. The molecule has 0 radical (unpaired) electrons. The lowest BCUT2D eigenvalue weighted by Gasteiger charge is -2.35. The van der Waals surface area contributed by atoms with Crippen LogP contribution in [0.1, 0.15) is 32.4 Å². The predicted octanol–water partition coefficient (Wildman–Crippen LogP) is 3.74. The van der Waals surface area contributed by atoms with E-state index in [1.807, 2.05) is 19.1 Å². The fourth-order valence-electron chi connectivity index (χ4n) is 3.41. The lowest BCUT2D eigenvalue weighted by molar-refractivity contribution is -0.383. The number of pyridine rings is 1. The largest absolute Gasteiger partial charge is 0.382 e. The topological polar surface area (TPSA) is 71.3 Å². The van der Waals surface area contributed by atoms with Crippen LogP contribution in [0.2, 0.25) is 0 Å². The van der Waals surface area contributed by atoms with Crippen molar-refractivity contribution in [2.75, 3.05) is 18.4 Å². The van der Waals surface area contributed by atoms with E-state index >= 15 is 0 Å². The summed E-state index contributed by atoms with van der Waals surface area (Å²) in [7, 11) is 0. The van der Waals surface area contributed by atoms with E-state index in [2.05, 4.69) is 29.0 Å². The van der Waals surface area contributed by atoms with Gasteiger partial charge >= 0.3 is 0 Å². The third-order valence-electron chi connectivity index (χ3n) is 4.76. The Kier molecular flexibility index (Phi) is 4.66. The molecule has 1 aliphatic heterocycles. The number of para-hydroxylation sites is 1. The number of nitrogens with one attached hydrogen (secondary N) is 1. The van der Waals surface area contributed by atoms with E-state index in [1.165, 1.54) is 6.07 Å². The van der Waals surface area contributed by atoms with Gasteiger partial charge in [0.05, 0.1) is 4.92 Å². The molecule has 0 spiro atoms. The summed E-state index contributed by atoms with van der Waals surface area (Å²) in [5.74, 6) is 0. The van der Waals surface area contributed by atoms with Gasteiger partial charge in [0, 0.05) is 48.0 Å². The number of aromatic nitrogens is 1. The number of rotatable bonds is 4. The van der Waals surface area contributed by atoms with Gasteiger partial charge < -0.3 is 10.2 Å². The molecule has 24 heavy (non-hydrogen) atoms. The molecule has 1 fully saturated rings. The SMILES string of the molecule is Cc1cc(NC2CCN(C(C)C)CC2)c2cccc([N+](=O)[O-])c2n1. The molecule has 1 aliphatic rings. The Morgan fingerprint density at radius 3 is 2.67 bits per heavy atom. The van der Waals surface area contributed by atoms with E-state index in [9.17, 15) is 10.1 Å². The number of benzene rings is 1. The second kappa shape index (κ2) is 6.73. The van der Waals surface area contributed by atoms with Gasteiger partial charge in [-0.25, -0.2) is 4.98 Å². The first-order valence-corrected chi connectivity index (χ1v) is 8.51.